The average molecular weight is 288 g/mol. The highest BCUT2D eigenvalue weighted by Gasteiger charge is 2.31. The van der Waals surface area contributed by atoms with Crippen LogP contribution in [0.3, 0.4) is 0 Å². The Hall–Kier alpha value is -1.94. The van der Waals surface area contributed by atoms with Gasteiger partial charge in [0.1, 0.15) is 11.4 Å². The van der Waals surface area contributed by atoms with Gasteiger partial charge in [0.2, 0.25) is 6.79 Å². The van der Waals surface area contributed by atoms with Crippen molar-refractivity contribution in [2.24, 2.45) is 0 Å². The van der Waals surface area contributed by atoms with Crippen molar-refractivity contribution in [3.63, 3.8) is 0 Å². The standard InChI is InChI=1S/C17H20O4/c1-2-17(7-3-9-18)8-6-14(21-17)10-13-4-5-15-16(11-13)20-12-19-15/h4-6,8,10-11,18H,2-3,7,9,12H2,1H3/b14-10-. The fourth-order valence-corrected chi connectivity index (χ4v) is 2.66. The lowest BCUT2D eigenvalue weighted by atomic mass is 9.95. The molecular weight excluding hydrogens is 268 g/mol. The summed E-state index contributed by atoms with van der Waals surface area (Å²) in [4.78, 5) is 0. The molecule has 21 heavy (non-hydrogen) atoms. The molecule has 0 saturated carbocycles. The minimum absolute atomic E-state index is 0.195. The highest BCUT2D eigenvalue weighted by molar-refractivity contribution is 5.60. The molecule has 0 saturated heterocycles. The van der Waals surface area contributed by atoms with Gasteiger partial charge in [-0.05, 0) is 55.2 Å². The van der Waals surface area contributed by atoms with E-state index in [1.807, 2.05) is 30.4 Å². The summed E-state index contributed by atoms with van der Waals surface area (Å²) in [7, 11) is 0. The van der Waals surface area contributed by atoms with Crippen LogP contribution in [0.2, 0.25) is 0 Å². The molecular formula is C17H20O4. The second-order valence-corrected chi connectivity index (χ2v) is 5.34. The van der Waals surface area contributed by atoms with E-state index in [1.54, 1.807) is 0 Å². The normalized spacial score (nSPS) is 24.6. The fraction of sp³-hybridized carbons (Fsp3) is 0.412. The summed E-state index contributed by atoms with van der Waals surface area (Å²) in [5.74, 6) is 2.40. The largest absolute Gasteiger partial charge is 0.483 e. The van der Waals surface area contributed by atoms with E-state index in [1.165, 1.54) is 0 Å². The van der Waals surface area contributed by atoms with Crippen molar-refractivity contribution in [3.8, 4) is 11.5 Å². The van der Waals surface area contributed by atoms with Crippen LogP contribution in [-0.4, -0.2) is 24.1 Å². The zero-order valence-corrected chi connectivity index (χ0v) is 12.2. The van der Waals surface area contributed by atoms with Gasteiger partial charge in [0.05, 0.1) is 0 Å². The summed E-state index contributed by atoms with van der Waals surface area (Å²) in [5, 5.41) is 9.01. The first-order valence-corrected chi connectivity index (χ1v) is 7.35. The third-order valence-corrected chi connectivity index (χ3v) is 3.93. The molecule has 4 heteroatoms. The molecule has 0 aromatic heterocycles. The maximum Gasteiger partial charge on any atom is 0.231 e. The fourth-order valence-electron chi connectivity index (χ4n) is 2.66. The maximum absolute atomic E-state index is 9.01. The highest BCUT2D eigenvalue weighted by atomic mass is 16.7. The molecule has 1 atom stereocenters. The Morgan fingerprint density at radius 1 is 1.29 bits per heavy atom. The van der Waals surface area contributed by atoms with Gasteiger partial charge in [-0.25, -0.2) is 0 Å². The lowest BCUT2D eigenvalue weighted by Gasteiger charge is -2.26. The molecule has 0 fully saturated rings. The Morgan fingerprint density at radius 3 is 2.95 bits per heavy atom. The number of allylic oxidation sites excluding steroid dienone is 1. The molecule has 0 radical (unpaired) electrons. The van der Waals surface area contributed by atoms with Crippen molar-refractivity contribution in [2.75, 3.05) is 13.4 Å². The molecule has 1 aromatic carbocycles. The molecule has 4 nitrogen and oxygen atoms in total. The van der Waals surface area contributed by atoms with Crippen molar-refractivity contribution in [1.82, 2.24) is 0 Å². The van der Waals surface area contributed by atoms with Crippen LogP contribution in [0.25, 0.3) is 6.08 Å². The van der Waals surface area contributed by atoms with Crippen molar-refractivity contribution in [1.29, 1.82) is 0 Å². The number of hydrogen-bond acceptors (Lipinski definition) is 4. The third-order valence-electron chi connectivity index (χ3n) is 3.93. The van der Waals surface area contributed by atoms with Gasteiger partial charge in [0.25, 0.3) is 0 Å². The lowest BCUT2D eigenvalue weighted by Crippen LogP contribution is -2.25. The van der Waals surface area contributed by atoms with Crippen molar-refractivity contribution in [2.45, 2.75) is 31.8 Å². The van der Waals surface area contributed by atoms with Crippen LogP contribution >= 0.6 is 0 Å². The smallest absolute Gasteiger partial charge is 0.231 e. The molecule has 0 spiro atoms. The monoisotopic (exact) mass is 288 g/mol. The van der Waals surface area contributed by atoms with Crippen LogP contribution in [0.4, 0.5) is 0 Å². The Bertz CT molecular complexity index is 576. The minimum Gasteiger partial charge on any atom is -0.483 e. The number of rotatable bonds is 5. The van der Waals surface area contributed by atoms with Crippen LogP contribution in [0.5, 0.6) is 11.5 Å². The van der Waals surface area contributed by atoms with Crippen LogP contribution in [0.15, 0.2) is 36.1 Å². The quantitative estimate of drug-likeness (QED) is 0.903. The van der Waals surface area contributed by atoms with E-state index in [4.69, 9.17) is 19.3 Å². The van der Waals surface area contributed by atoms with Gasteiger partial charge in [-0.2, -0.15) is 0 Å². The molecule has 112 valence electrons. The lowest BCUT2D eigenvalue weighted by molar-refractivity contribution is 0.0502. The Labute approximate surface area is 124 Å². The summed E-state index contributed by atoms with van der Waals surface area (Å²) in [6.45, 7) is 2.58. The van der Waals surface area contributed by atoms with Crippen LogP contribution in [0.1, 0.15) is 31.7 Å². The van der Waals surface area contributed by atoms with Gasteiger partial charge in [0, 0.05) is 6.61 Å². The number of aliphatic hydroxyl groups is 1. The minimum atomic E-state index is -0.273. The summed E-state index contributed by atoms with van der Waals surface area (Å²) >= 11 is 0. The number of aliphatic hydroxyl groups excluding tert-OH is 1. The van der Waals surface area contributed by atoms with E-state index < -0.39 is 0 Å². The van der Waals surface area contributed by atoms with Gasteiger partial charge >= 0.3 is 0 Å². The van der Waals surface area contributed by atoms with E-state index in [0.29, 0.717) is 0 Å². The van der Waals surface area contributed by atoms with Crippen LogP contribution in [0, 0.1) is 0 Å². The summed E-state index contributed by atoms with van der Waals surface area (Å²) in [6.07, 6.45) is 8.56. The van der Waals surface area contributed by atoms with E-state index in [9.17, 15) is 0 Å². The number of hydrogen-bond donors (Lipinski definition) is 1. The molecule has 0 bridgehead atoms. The van der Waals surface area contributed by atoms with Crippen LogP contribution < -0.4 is 9.47 Å². The first-order chi connectivity index (χ1) is 10.2. The van der Waals surface area contributed by atoms with E-state index in [-0.39, 0.29) is 19.0 Å². The molecule has 2 heterocycles. The second-order valence-electron chi connectivity index (χ2n) is 5.34. The first-order valence-electron chi connectivity index (χ1n) is 7.35. The number of fused-ring (bicyclic) bond motifs is 1. The summed E-state index contributed by atoms with van der Waals surface area (Å²) in [6, 6.07) is 5.84. The second kappa shape index (κ2) is 5.82. The van der Waals surface area contributed by atoms with Crippen molar-refractivity contribution >= 4 is 6.08 Å². The van der Waals surface area contributed by atoms with Crippen LogP contribution in [-0.2, 0) is 4.74 Å². The molecule has 2 aliphatic heterocycles. The molecule has 2 aliphatic rings. The maximum atomic E-state index is 9.01. The topological polar surface area (TPSA) is 47.9 Å². The Balaban J connectivity index is 1.75. The van der Waals surface area contributed by atoms with E-state index in [2.05, 4.69) is 13.0 Å². The first kappa shape index (κ1) is 14.0. The third kappa shape index (κ3) is 2.90. The highest BCUT2D eigenvalue weighted by Crippen LogP contribution is 2.36. The zero-order chi connectivity index (χ0) is 14.7. The molecule has 1 aromatic rings. The van der Waals surface area contributed by atoms with Gasteiger partial charge in [-0.15, -0.1) is 0 Å². The average Bonchev–Trinajstić information content (AvgIpc) is 3.12. The predicted molar refractivity (Wildman–Crippen MR) is 80.1 cm³/mol. The van der Waals surface area contributed by atoms with E-state index >= 15 is 0 Å². The van der Waals surface area contributed by atoms with Gasteiger partial charge < -0.3 is 19.3 Å². The molecule has 0 amide bonds. The number of ether oxygens (including phenoxy) is 3. The summed E-state index contributed by atoms with van der Waals surface area (Å²) < 4.78 is 16.8. The predicted octanol–water partition coefficient (Wildman–Crippen LogP) is 3.26. The molecule has 3 rings (SSSR count). The van der Waals surface area contributed by atoms with Gasteiger partial charge in [0.15, 0.2) is 11.5 Å². The molecule has 0 aliphatic carbocycles. The van der Waals surface area contributed by atoms with Gasteiger partial charge in [-0.3, -0.25) is 0 Å². The molecule has 1 unspecified atom stereocenters. The van der Waals surface area contributed by atoms with E-state index in [0.717, 1.165) is 42.1 Å². The Morgan fingerprint density at radius 2 is 2.14 bits per heavy atom. The SMILES string of the molecule is CCC1(CCCO)C=C/C(=C/c2ccc3c(c2)OCO3)O1. The molecule has 1 N–H and O–H groups in total. The summed E-state index contributed by atoms with van der Waals surface area (Å²) in [5.41, 5.74) is 0.748. The van der Waals surface area contributed by atoms with Crippen molar-refractivity contribution in [3.05, 3.63) is 41.7 Å². The number of benzene rings is 1. The van der Waals surface area contributed by atoms with Crippen molar-refractivity contribution < 1.29 is 19.3 Å². The Kier molecular flexibility index (Phi) is 3.88. The van der Waals surface area contributed by atoms with Gasteiger partial charge in [-0.1, -0.05) is 13.0 Å². The zero-order valence-electron chi connectivity index (χ0n) is 12.2.